The van der Waals surface area contributed by atoms with Crippen LogP contribution < -0.4 is 0 Å². The van der Waals surface area contributed by atoms with Gasteiger partial charge in [-0.3, -0.25) is 4.21 Å². The van der Waals surface area contributed by atoms with Crippen molar-refractivity contribution in [1.29, 1.82) is 5.26 Å². The summed E-state index contributed by atoms with van der Waals surface area (Å²) in [6.07, 6.45) is 3.40. The third-order valence-corrected chi connectivity index (χ3v) is 5.51. The standard InChI is InChI=1S/C17H14ClNOS/c18-17-8-12(10-19)4-5-15(17)11-21(20)16-7-6-13-2-1-3-14(13)9-16/h4-9H,1-3,11H2. The minimum Gasteiger partial charge on any atom is -0.254 e. The van der Waals surface area contributed by atoms with Crippen LogP contribution in [0.15, 0.2) is 41.3 Å². The Morgan fingerprint density at radius 2 is 1.95 bits per heavy atom. The van der Waals surface area contributed by atoms with Crippen LogP contribution in [0.1, 0.15) is 28.7 Å². The molecule has 0 saturated carbocycles. The van der Waals surface area contributed by atoms with Crippen LogP contribution in [0.3, 0.4) is 0 Å². The highest BCUT2D eigenvalue weighted by atomic mass is 35.5. The molecule has 0 bridgehead atoms. The van der Waals surface area contributed by atoms with Gasteiger partial charge in [0.15, 0.2) is 0 Å². The SMILES string of the molecule is N#Cc1ccc(CS(=O)c2ccc3c(c2)CCC3)c(Cl)c1. The van der Waals surface area contributed by atoms with Gasteiger partial charge in [0.2, 0.25) is 0 Å². The Hall–Kier alpha value is -1.63. The first-order valence-electron chi connectivity index (χ1n) is 6.86. The maximum absolute atomic E-state index is 12.5. The van der Waals surface area contributed by atoms with E-state index in [0.717, 1.165) is 23.3 Å². The lowest BCUT2D eigenvalue weighted by Crippen LogP contribution is -1.99. The first kappa shape index (κ1) is 14.3. The lowest BCUT2D eigenvalue weighted by Gasteiger charge is -2.07. The Kier molecular flexibility index (Phi) is 4.10. The van der Waals surface area contributed by atoms with E-state index in [9.17, 15) is 4.21 Å². The van der Waals surface area contributed by atoms with Crippen LogP contribution in [0.25, 0.3) is 0 Å². The number of fused-ring (bicyclic) bond motifs is 1. The number of hydrogen-bond donors (Lipinski definition) is 0. The zero-order chi connectivity index (χ0) is 14.8. The molecule has 4 heteroatoms. The maximum Gasteiger partial charge on any atom is 0.0992 e. The molecule has 0 saturated heterocycles. The van der Waals surface area contributed by atoms with Crippen molar-refractivity contribution >= 4 is 22.4 Å². The fraction of sp³-hybridized carbons (Fsp3) is 0.235. The number of rotatable bonds is 3. The summed E-state index contributed by atoms with van der Waals surface area (Å²) in [7, 11) is -1.11. The number of nitrogens with zero attached hydrogens (tertiary/aromatic N) is 1. The van der Waals surface area contributed by atoms with Gasteiger partial charge in [-0.05, 0) is 60.2 Å². The summed E-state index contributed by atoms with van der Waals surface area (Å²) in [5.41, 5.74) is 4.04. The molecular formula is C17H14ClNOS. The molecule has 0 N–H and O–H groups in total. The summed E-state index contributed by atoms with van der Waals surface area (Å²) in [4.78, 5) is 0.857. The van der Waals surface area contributed by atoms with E-state index in [2.05, 4.69) is 12.1 Å². The van der Waals surface area contributed by atoms with Crippen molar-refractivity contribution in [3.8, 4) is 6.07 Å². The minimum atomic E-state index is -1.11. The minimum absolute atomic E-state index is 0.378. The summed E-state index contributed by atoms with van der Waals surface area (Å²) >= 11 is 6.15. The summed E-state index contributed by atoms with van der Waals surface area (Å²) in [6, 6.07) is 13.3. The van der Waals surface area contributed by atoms with Crippen LogP contribution in [0.5, 0.6) is 0 Å². The van der Waals surface area contributed by atoms with Crippen molar-refractivity contribution < 1.29 is 4.21 Å². The summed E-state index contributed by atoms with van der Waals surface area (Å²) in [5.74, 6) is 0.378. The van der Waals surface area contributed by atoms with Crippen LogP contribution in [-0.2, 0) is 29.4 Å². The monoisotopic (exact) mass is 315 g/mol. The third-order valence-electron chi connectivity index (χ3n) is 3.80. The van der Waals surface area contributed by atoms with E-state index in [0.29, 0.717) is 16.3 Å². The largest absolute Gasteiger partial charge is 0.254 e. The topological polar surface area (TPSA) is 40.9 Å². The van der Waals surface area contributed by atoms with E-state index in [1.54, 1.807) is 18.2 Å². The van der Waals surface area contributed by atoms with Crippen LogP contribution in [0.4, 0.5) is 0 Å². The van der Waals surface area contributed by atoms with Crippen LogP contribution >= 0.6 is 11.6 Å². The van der Waals surface area contributed by atoms with Crippen molar-refractivity contribution in [2.75, 3.05) is 0 Å². The van der Waals surface area contributed by atoms with Crippen molar-refractivity contribution in [3.63, 3.8) is 0 Å². The quantitative estimate of drug-likeness (QED) is 0.858. The van der Waals surface area contributed by atoms with E-state index in [1.807, 2.05) is 12.1 Å². The molecule has 1 aliphatic rings. The van der Waals surface area contributed by atoms with Gasteiger partial charge in [0.1, 0.15) is 0 Å². The number of benzene rings is 2. The summed E-state index contributed by atoms with van der Waals surface area (Å²) in [5, 5.41) is 9.34. The highest BCUT2D eigenvalue weighted by Crippen LogP contribution is 2.26. The van der Waals surface area contributed by atoms with Gasteiger partial charge in [0.05, 0.1) is 28.2 Å². The average molecular weight is 316 g/mol. The molecule has 0 spiro atoms. The van der Waals surface area contributed by atoms with E-state index in [1.165, 1.54) is 17.5 Å². The van der Waals surface area contributed by atoms with Gasteiger partial charge in [-0.25, -0.2) is 0 Å². The molecule has 1 unspecified atom stereocenters. The molecule has 2 nitrogen and oxygen atoms in total. The molecule has 0 fully saturated rings. The lowest BCUT2D eigenvalue weighted by atomic mass is 10.1. The molecule has 0 aliphatic heterocycles. The molecule has 2 aromatic rings. The molecule has 0 amide bonds. The molecule has 0 aromatic heterocycles. The molecule has 3 rings (SSSR count). The first-order chi connectivity index (χ1) is 10.2. The second-order valence-electron chi connectivity index (χ2n) is 5.19. The zero-order valence-electron chi connectivity index (χ0n) is 11.4. The second-order valence-corrected chi connectivity index (χ2v) is 7.05. The molecule has 1 atom stereocenters. The van der Waals surface area contributed by atoms with Gasteiger partial charge in [-0.2, -0.15) is 5.26 Å². The third kappa shape index (κ3) is 3.02. The normalized spacial score (nSPS) is 14.5. The van der Waals surface area contributed by atoms with Crippen LogP contribution in [0.2, 0.25) is 5.02 Å². The average Bonchev–Trinajstić information content (AvgIpc) is 2.96. The zero-order valence-corrected chi connectivity index (χ0v) is 13.0. The summed E-state index contributed by atoms with van der Waals surface area (Å²) < 4.78 is 12.5. The second kappa shape index (κ2) is 6.01. The Labute approximate surface area is 131 Å². The van der Waals surface area contributed by atoms with Crippen molar-refractivity contribution in [1.82, 2.24) is 0 Å². The van der Waals surface area contributed by atoms with Gasteiger partial charge in [-0.15, -0.1) is 0 Å². The van der Waals surface area contributed by atoms with E-state index < -0.39 is 10.8 Å². The van der Waals surface area contributed by atoms with E-state index >= 15 is 0 Å². The van der Waals surface area contributed by atoms with Gasteiger partial charge in [0, 0.05) is 9.92 Å². The highest BCUT2D eigenvalue weighted by Gasteiger charge is 2.14. The molecule has 1 aliphatic carbocycles. The molecule has 2 aromatic carbocycles. The predicted octanol–water partition coefficient (Wildman–Crippen LogP) is 4.01. The number of aryl methyl sites for hydroxylation is 2. The predicted molar refractivity (Wildman–Crippen MR) is 84.7 cm³/mol. The molecule has 106 valence electrons. The van der Waals surface area contributed by atoms with Crippen LogP contribution in [-0.4, -0.2) is 4.21 Å². The smallest absolute Gasteiger partial charge is 0.0992 e. The van der Waals surface area contributed by atoms with Crippen molar-refractivity contribution in [2.24, 2.45) is 0 Å². The van der Waals surface area contributed by atoms with Gasteiger partial charge < -0.3 is 0 Å². The number of halogens is 1. The number of nitriles is 1. The highest BCUT2D eigenvalue weighted by molar-refractivity contribution is 7.84. The van der Waals surface area contributed by atoms with Crippen molar-refractivity contribution in [2.45, 2.75) is 29.9 Å². The van der Waals surface area contributed by atoms with E-state index in [4.69, 9.17) is 16.9 Å². The van der Waals surface area contributed by atoms with Gasteiger partial charge in [-0.1, -0.05) is 23.7 Å². The first-order valence-corrected chi connectivity index (χ1v) is 8.56. The molecule has 21 heavy (non-hydrogen) atoms. The lowest BCUT2D eigenvalue weighted by molar-refractivity contribution is 0.682. The fourth-order valence-corrected chi connectivity index (χ4v) is 4.17. The molecule has 0 heterocycles. The molecular weight excluding hydrogens is 302 g/mol. The van der Waals surface area contributed by atoms with Gasteiger partial charge >= 0.3 is 0 Å². The molecule has 0 radical (unpaired) electrons. The van der Waals surface area contributed by atoms with Gasteiger partial charge in [0.25, 0.3) is 0 Å². The van der Waals surface area contributed by atoms with Crippen molar-refractivity contribution in [3.05, 3.63) is 63.7 Å². The summed E-state index contributed by atoms with van der Waals surface area (Å²) in [6.45, 7) is 0. The number of hydrogen-bond acceptors (Lipinski definition) is 2. The Balaban J connectivity index is 1.82. The Morgan fingerprint density at radius 3 is 2.71 bits per heavy atom. The Bertz CT molecular complexity index is 764. The maximum atomic E-state index is 12.5. The Morgan fingerprint density at radius 1 is 1.14 bits per heavy atom. The van der Waals surface area contributed by atoms with E-state index in [-0.39, 0.29) is 0 Å². The fourth-order valence-electron chi connectivity index (χ4n) is 2.65. The van der Waals surface area contributed by atoms with Crippen LogP contribution in [0, 0.1) is 11.3 Å².